The number of hydrogen-bond acceptors (Lipinski definition) is 4. The molecular weight excluding hydrogens is 377 g/mol. The Balaban J connectivity index is 1.83. The molecule has 0 saturated heterocycles. The Labute approximate surface area is 159 Å². The predicted molar refractivity (Wildman–Crippen MR) is 96.1 cm³/mol. The maximum Gasteiger partial charge on any atom is 0.471 e. The summed E-state index contributed by atoms with van der Waals surface area (Å²) in [6.45, 7) is 1.78. The first-order valence-corrected chi connectivity index (χ1v) is 8.38. The molecule has 0 spiro atoms. The summed E-state index contributed by atoms with van der Waals surface area (Å²) in [6.07, 6.45) is -4.92. The van der Waals surface area contributed by atoms with E-state index in [-0.39, 0.29) is 13.2 Å². The van der Waals surface area contributed by atoms with E-state index in [4.69, 9.17) is 9.47 Å². The van der Waals surface area contributed by atoms with E-state index in [1.165, 1.54) is 24.3 Å². The van der Waals surface area contributed by atoms with Crippen LogP contribution in [0.1, 0.15) is 12.5 Å². The van der Waals surface area contributed by atoms with Gasteiger partial charge in [0.05, 0.1) is 6.61 Å². The van der Waals surface area contributed by atoms with Crippen LogP contribution in [0, 0.1) is 0 Å². The third-order valence-electron chi connectivity index (χ3n) is 3.46. The van der Waals surface area contributed by atoms with Gasteiger partial charge in [-0.3, -0.25) is 9.59 Å². The fourth-order valence-electron chi connectivity index (χ4n) is 2.17. The Bertz CT molecular complexity index is 808. The molecule has 2 N–H and O–H groups in total. The summed E-state index contributed by atoms with van der Waals surface area (Å²) in [7, 11) is 0. The minimum absolute atomic E-state index is 0.243. The van der Waals surface area contributed by atoms with Gasteiger partial charge in [-0.15, -0.1) is 0 Å². The van der Waals surface area contributed by atoms with Crippen molar-refractivity contribution in [2.24, 2.45) is 0 Å². The van der Waals surface area contributed by atoms with E-state index in [9.17, 15) is 22.8 Å². The number of para-hydroxylation sites is 2. The molecule has 150 valence electrons. The zero-order valence-corrected chi connectivity index (χ0v) is 15.0. The van der Waals surface area contributed by atoms with Crippen molar-refractivity contribution < 1.29 is 32.2 Å². The van der Waals surface area contributed by atoms with Crippen molar-refractivity contribution in [1.82, 2.24) is 5.32 Å². The number of anilines is 1. The highest BCUT2D eigenvalue weighted by Crippen LogP contribution is 2.26. The average Bonchev–Trinajstić information content (AvgIpc) is 2.66. The highest BCUT2D eigenvalue weighted by molar-refractivity contribution is 5.91. The van der Waals surface area contributed by atoms with Gasteiger partial charge in [-0.1, -0.05) is 24.3 Å². The zero-order valence-electron chi connectivity index (χ0n) is 15.0. The summed E-state index contributed by atoms with van der Waals surface area (Å²) in [5.41, 5.74) is 0.898. The van der Waals surface area contributed by atoms with E-state index in [0.29, 0.717) is 29.4 Å². The number of nitrogens with one attached hydrogen (secondary N) is 2. The quantitative estimate of drug-likeness (QED) is 0.718. The first-order valence-electron chi connectivity index (χ1n) is 8.38. The Hall–Kier alpha value is -3.23. The van der Waals surface area contributed by atoms with Gasteiger partial charge in [0.2, 0.25) is 0 Å². The third kappa shape index (κ3) is 6.49. The Morgan fingerprint density at radius 1 is 0.964 bits per heavy atom. The molecule has 2 aromatic carbocycles. The lowest BCUT2D eigenvalue weighted by atomic mass is 10.2. The van der Waals surface area contributed by atoms with E-state index in [1.807, 2.05) is 6.92 Å². The van der Waals surface area contributed by atoms with Crippen LogP contribution in [0.25, 0.3) is 0 Å². The number of ether oxygens (including phenoxy) is 2. The molecule has 0 fully saturated rings. The minimum atomic E-state index is -4.92. The number of alkyl halides is 3. The number of benzene rings is 2. The first-order chi connectivity index (χ1) is 13.3. The molecule has 0 unspecified atom stereocenters. The Morgan fingerprint density at radius 2 is 1.57 bits per heavy atom. The van der Waals surface area contributed by atoms with Crippen LogP contribution in [0.5, 0.6) is 11.5 Å². The zero-order chi connectivity index (χ0) is 20.6. The van der Waals surface area contributed by atoms with Crippen molar-refractivity contribution >= 4 is 17.5 Å². The molecule has 0 bridgehead atoms. The summed E-state index contributed by atoms with van der Waals surface area (Å²) >= 11 is 0. The van der Waals surface area contributed by atoms with Gasteiger partial charge in [-0.05, 0) is 36.8 Å². The van der Waals surface area contributed by atoms with Crippen LogP contribution in [0.2, 0.25) is 0 Å². The molecule has 28 heavy (non-hydrogen) atoms. The second-order valence-electron chi connectivity index (χ2n) is 5.59. The number of hydrogen-bond donors (Lipinski definition) is 2. The highest BCUT2D eigenvalue weighted by Gasteiger charge is 2.38. The number of carbonyl (C=O) groups excluding carboxylic acids is 2. The van der Waals surface area contributed by atoms with Crippen LogP contribution >= 0.6 is 0 Å². The molecule has 0 atom stereocenters. The minimum Gasteiger partial charge on any atom is -0.490 e. The van der Waals surface area contributed by atoms with Crippen LogP contribution in [0.15, 0.2) is 48.5 Å². The van der Waals surface area contributed by atoms with Crippen molar-refractivity contribution in [2.45, 2.75) is 19.6 Å². The second kappa shape index (κ2) is 9.63. The normalized spacial score (nSPS) is 10.9. The van der Waals surface area contributed by atoms with E-state index >= 15 is 0 Å². The topological polar surface area (TPSA) is 76.7 Å². The van der Waals surface area contributed by atoms with Crippen LogP contribution in [-0.2, 0) is 16.1 Å². The van der Waals surface area contributed by atoms with Gasteiger partial charge in [0.1, 0.15) is 0 Å². The van der Waals surface area contributed by atoms with Crippen LogP contribution in [0.4, 0.5) is 18.9 Å². The van der Waals surface area contributed by atoms with Crippen molar-refractivity contribution in [3.05, 3.63) is 54.1 Å². The molecule has 0 saturated carbocycles. The molecule has 2 amide bonds. The molecule has 0 aliphatic heterocycles. The molecular formula is C19H19F3N2O4. The number of rotatable bonds is 8. The molecule has 2 rings (SSSR count). The highest BCUT2D eigenvalue weighted by atomic mass is 19.4. The maximum absolute atomic E-state index is 12.1. The van der Waals surface area contributed by atoms with E-state index in [1.54, 1.807) is 29.6 Å². The number of amides is 2. The van der Waals surface area contributed by atoms with Crippen molar-refractivity contribution in [3.8, 4) is 11.5 Å². The van der Waals surface area contributed by atoms with Gasteiger partial charge in [-0.2, -0.15) is 13.2 Å². The predicted octanol–water partition coefficient (Wildman–Crippen LogP) is 3.28. The van der Waals surface area contributed by atoms with Crippen molar-refractivity contribution in [3.63, 3.8) is 0 Å². The molecule has 0 aliphatic rings. The smallest absolute Gasteiger partial charge is 0.471 e. The van der Waals surface area contributed by atoms with E-state index < -0.39 is 18.0 Å². The summed E-state index contributed by atoms with van der Waals surface area (Å²) in [5.74, 6) is -1.45. The van der Waals surface area contributed by atoms with Crippen LogP contribution in [-0.4, -0.2) is 31.2 Å². The van der Waals surface area contributed by atoms with Gasteiger partial charge in [-0.25, -0.2) is 0 Å². The fraction of sp³-hybridized carbons (Fsp3) is 0.263. The van der Waals surface area contributed by atoms with Gasteiger partial charge >= 0.3 is 12.1 Å². The van der Waals surface area contributed by atoms with Gasteiger partial charge < -0.3 is 20.1 Å². The molecule has 0 heterocycles. The number of halogens is 3. The second-order valence-corrected chi connectivity index (χ2v) is 5.59. The molecule has 6 nitrogen and oxygen atoms in total. The van der Waals surface area contributed by atoms with Crippen LogP contribution < -0.4 is 20.1 Å². The SMILES string of the molecule is CCOc1ccccc1OCC(=O)Nc1ccc(CNC(=O)C(F)(F)F)cc1. The first kappa shape index (κ1) is 21.1. The monoisotopic (exact) mass is 396 g/mol. The summed E-state index contributed by atoms with van der Waals surface area (Å²) in [4.78, 5) is 22.8. The Morgan fingerprint density at radius 3 is 2.14 bits per heavy atom. The van der Waals surface area contributed by atoms with E-state index in [0.717, 1.165) is 0 Å². The molecule has 2 aromatic rings. The van der Waals surface area contributed by atoms with Crippen LogP contribution in [0.3, 0.4) is 0 Å². The standard InChI is InChI=1S/C19H19F3N2O4/c1-2-27-15-5-3-4-6-16(15)28-12-17(25)24-14-9-7-13(8-10-14)11-23-18(26)19(20,21)22/h3-10H,2,11-12H2,1H3,(H,23,26)(H,24,25). The molecule has 0 aromatic heterocycles. The van der Waals surface area contributed by atoms with Crippen molar-refractivity contribution in [1.29, 1.82) is 0 Å². The maximum atomic E-state index is 12.1. The van der Waals surface area contributed by atoms with E-state index in [2.05, 4.69) is 5.32 Å². The summed E-state index contributed by atoms with van der Waals surface area (Å²) < 4.78 is 47.3. The average molecular weight is 396 g/mol. The van der Waals surface area contributed by atoms with Crippen molar-refractivity contribution in [2.75, 3.05) is 18.5 Å². The Kier molecular flexibility index (Phi) is 7.25. The summed E-state index contributed by atoms with van der Waals surface area (Å²) in [5, 5.41) is 4.38. The largest absolute Gasteiger partial charge is 0.490 e. The summed E-state index contributed by atoms with van der Waals surface area (Å²) in [6, 6.07) is 13.0. The molecule has 0 aliphatic carbocycles. The van der Waals surface area contributed by atoms with Gasteiger partial charge in [0, 0.05) is 12.2 Å². The molecule has 9 heteroatoms. The third-order valence-corrected chi connectivity index (χ3v) is 3.46. The lowest BCUT2D eigenvalue weighted by Gasteiger charge is -2.12. The fourth-order valence-corrected chi connectivity index (χ4v) is 2.17. The molecule has 0 radical (unpaired) electrons. The van der Waals surface area contributed by atoms with Gasteiger partial charge in [0.15, 0.2) is 18.1 Å². The number of carbonyl (C=O) groups is 2. The lowest BCUT2D eigenvalue weighted by molar-refractivity contribution is -0.173. The van der Waals surface area contributed by atoms with Gasteiger partial charge in [0.25, 0.3) is 5.91 Å². The lowest BCUT2D eigenvalue weighted by Crippen LogP contribution is -2.36.